The molecule has 1 N–H and O–H groups in total. The molecule has 1 fully saturated rings. The number of nitrogens with zero attached hydrogens (tertiary/aromatic N) is 1. The van der Waals surface area contributed by atoms with Gasteiger partial charge in [-0.2, -0.15) is 0 Å². The monoisotopic (exact) mass is 326 g/mol. The van der Waals surface area contributed by atoms with Crippen LogP contribution in [0, 0.1) is 0 Å². The Balaban J connectivity index is 1.69. The number of benzene rings is 1. The summed E-state index contributed by atoms with van der Waals surface area (Å²) in [5, 5.41) is 3.78. The summed E-state index contributed by atoms with van der Waals surface area (Å²) >= 11 is 0. The maximum Gasteiger partial charge on any atom is 0.0978 e. The van der Waals surface area contributed by atoms with Crippen molar-refractivity contribution in [3.63, 3.8) is 0 Å². The quantitative estimate of drug-likeness (QED) is 0.849. The fourth-order valence-corrected chi connectivity index (χ4v) is 3.40. The van der Waals surface area contributed by atoms with Crippen molar-refractivity contribution in [2.75, 3.05) is 20.3 Å². The first kappa shape index (κ1) is 17.1. The highest BCUT2D eigenvalue weighted by molar-refractivity contribution is 5.18. The van der Waals surface area contributed by atoms with E-state index in [4.69, 9.17) is 9.47 Å². The minimum Gasteiger partial charge on any atom is -0.383 e. The fourth-order valence-electron chi connectivity index (χ4n) is 3.40. The zero-order valence-corrected chi connectivity index (χ0v) is 14.2. The van der Waals surface area contributed by atoms with Gasteiger partial charge in [-0.15, -0.1) is 0 Å². The van der Waals surface area contributed by atoms with Crippen molar-refractivity contribution in [2.24, 2.45) is 0 Å². The molecule has 1 aromatic carbocycles. The lowest BCUT2D eigenvalue weighted by Crippen LogP contribution is -2.47. The van der Waals surface area contributed by atoms with Crippen LogP contribution in [0.1, 0.15) is 30.1 Å². The van der Waals surface area contributed by atoms with Gasteiger partial charge in [0.25, 0.3) is 0 Å². The molecule has 0 unspecified atom stereocenters. The first-order chi connectivity index (χ1) is 11.9. The highest BCUT2D eigenvalue weighted by Crippen LogP contribution is 2.28. The Hall–Kier alpha value is -1.75. The summed E-state index contributed by atoms with van der Waals surface area (Å²) in [5.41, 5.74) is 2.52. The number of aromatic nitrogens is 1. The number of hydrogen-bond acceptors (Lipinski definition) is 4. The van der Waals surface area contributed by atoms with Gasteiger partial charge in [0.2, 0.25) is 0 Å². The Kier molecular flexibility index (Phi) is 6.35. The number of nitrogens with one attached hydrogen (secondary N) is 1. The number of rotatable bonds is 7. The molecule has 0 saturated carbocycles. The largest absolute Gasteiger partial charge is 0.383 e. The van der Waals surface area contributed by atoms with Crippen molar-refractivity contribution in [1.82, 2.24) is 10.3 Å². The van der Waals surface area contributed by atoms with Crippen molar-refractivity contribution in [3.05, 3.63) is 66.0 Å². The van der Waals surface area contributed by atoms with Crippen molar-refractivity contribution < 1.29 is 9.47 Å². The van der Waals surface area contributed by atoms with Crippen LogP contribution in [-0.2, 0) is 15.9 Å². The van der Waals surface area contributed by atoms with E-state index in [0.717, 1.165) is 25.9 Å². The number of pyridine rings is 1. The normalized spacial score (nSPS) is 22.2. The Morgan fingerprint density at radius 2 is 2.00 bits per heavy atom. The summed E-state index contributed by atoms with van der Waals surface area (Å²) in [6, 6.07) is 15.2. The van der Waals surface area contributed by atoms with Crippen LogP contribution in [-0.4, -0.2) is 37.4 Å². The van der Waals surface area contributed by atoms with E-state index >= 15 is 0 Å². The second-order valence-electron chi connectivity index (χ2n) is 6.33. The Morgan fingerprint density at radius 1 is 1.21 bits per heavy atom. The van der Waals surface area contributed by atoms with E-state index in [0.29, 0.717) is 12.6 Å². The van der Waals surface area contributed by atoms with Gasteiger partial charge in [-0.3, -0.25) is 4.98 Å². The topological polar surface area (TPSA) is 43.4 Å². The Labute approximate surface area is 144 Å². The molecular weight excluding hydrogens is 300 g/mol. The van der Waals surface area contributed by atoms with Crippen LogP contribution in [0.25, 0.3) is 0 Å². The third-order valence-electron chi connectivity index (χ3n) is 4.50. The lowest BCUT2D eigenvalue weighted by molar-refractivity contribution is -0.0168. The molecule has 1 saturated heterocycles. The molecule has 0 bridgehead atoms. The van der Waals surface area contributed by atoms with Crippen LogP contribution < -0.4 is 5.32 Å². The molecule has 3 atom stereocenters. The minimum atomic E-state index is 0.0804. The lowest BCUT2D eigenvalue weighted by Gasteiger charge is -2.35. The lowest BCUT2D eigenvalue weighted by atomic mass is 9.95. The summed E-state index contributed by atoms with van der Waals surface area (Å²) in [7, 11) is 1.76. The van der Waals surface area contributed by atoms with Gasteiger partial charge in [-0.1, -0.05) is 30.3 Å². The van der Waals surface area contributed by atoms with E-state index in [-0.39, 0.29) is 12.1 Å². The number of hydrogen-bond donors (Lipinski definition) is 1. The fraction of sp³-hybridized carbons (Fsp3) is 0.450. The molecule has 128 valence electrons. The smallest absolute Gasteiger partial charge is 0.0978 e. The van der Waals surface area contributed by atoms with Crippen molar-refractivity contribution in [2.45, 2.75) is 37.5 Å². The van der Waals surface area contributed by atoms with Crippen LogP contribution in [0.5, 0.6) is 0 Å². The Bertz CT molecular complexity index is 591. The molecule has 0 amide bonds. The number of ether oxygens (including phenoxy) is 2. The van der Waals surface area contributed by atoms with Crippen LogP contribution in [0.3, 0.4) is 0 Å². The molecule has 2 heterocycles. The van der Waals surface area contributed by atoms with Crippen LogP contribution >= 0.6 is 0 Å². The molecule has 0 spiro atoms. The standard InChI is InChI=1S/C20H26N2O2/c1-23-15-18(14-16-6-3-2-4-7-16)22-19-8-5-13-24-20(19)17-9-11-21-12-10-17/h2-4,6-7,9-12,18-20,22H,5,8,13-15H2,1H3/t18-,19-,20+/m0/s1. The SMILES string of the molecule is COC[C@H](Cc1ccccc1)N[C@H]1CCCO[C@@H]1c1ccncc1. The van der Waals surface area contributed by atoms with Crippen LogP contribution in [0.15, 0.2) is 54.9 Å². The van der Waals surface area contributed by atoms with Gasteiger partial charge in [-0.25, -0.2) is 0 Å². The molecule has 1 aromatic heterocycles. The summed E-state index contributed by atoms with van der Waals surface area (Å²) in [5.74, 6) is 0. The van der Waals surface area contributed by atoms with Gasteiger partial charge in [0.1, 0.15) is 0 Å². The van der Waals surface area contributed by atoms with E-state index in [1.54, 1.807) is 7.11 Å². The molecule has 4 heteroatoms. The van der Waals surface area contributed by atoms with Gasteiger partial charge in [0.05, 0.1) is 12.7 Å². The molecule has 4 nitrogen and oxygen atoms in total. The highest BCUT2D eigenvalue weighted by Gasteiger charge is 2.29. The first-order valence-electron chi connectivity index (χ1n) is 8.67. The molecule has 0 aliphatic carbocycles. The molecule has 1 aliphatic heterocycles. The minimum absolute atomic E-state index is 0.0804. The second-order valence-corrected chi connectivity index (χ2v) is 6.33. The van der Waals surface area contributed by atoms with E-state index < -0.39 is 0 Å². The number of methoxy groups -OCH3 is 1. The maximum absolute atomic E-state index is 6.07. The zero-order chi connectivity index (χ0) is 16.6. The maximum atomic E-state index is 6.07. The third-order valence-corrected chi connectivity index (χ3v) is 4.50. The molecule has 3 rings (SSSR count). The van der Waals surface area contributed by atoms with Gasteiger partial charge in [0, 0.05) is 38.2 Å². The molecule has 24 heavy (non-hydrogen) atoms. The van der Waals surface area contributed by atoms with Crippen molar-refractivity contribution in [3.8, 4) is 0 Å². The van der Waals surface area contributed by atoms with Crippen molar-refractivity contribution >= 4 is 0 Å². The van der Waals surface area contributed by atoms with Crippen LogP contribution in [0.2, 0.25) is 0 Å². The predicted molar refractivity (Wildman–Crippen MR) is 94.9 cm³/mol. The van der Waals surface area contributed by atoms with Crippen LogP contribution in [0.4, 0.5) is 0 Å². The van der Waals surface area contributed by atoms with E-state index in [9.17, 15) is 0 Å². The summed E-state index contributed by atoms with van der Waals surface area (Å²) in [4.78, 5) is 4.12. The summed E-state index contributed by atoms with van der Waals surface area (Å²) in [6.07, 6.45) is 6.90. The molecule has 1 aliphatic rings. The molecular formula is C20H26N2O2. The zero-order valence-electron chi connectivity index (χ0n) is 14.2. The van der Waals surface area contributed by atoms with E-state index in [2.05, 4.69) is 40.6 Å². The third kappa shape index (κ3) is 4.63. The molecule has 0 radical (unpaired) electrons. The Morgan fingerprint density at radius 3 is 2.75 bits per heavy atom. The average molecular weight is 326 g/mol. The summed E-state index contributed by atoms with van der Waals surface area (Å²) in [6.45, 7) is 1.51. The molecule has 2 aromatic rings. The second kappa shape index (κ2) is 8.92. The highest BCUT2D eigenvalue weighted by atomic mass is 16.5. The first-order valence-corrected chi connectivity index (χ1v) is 8.67. The summed E-state index contributed by atoms with van der Waals surface area (Å²) < 4.78 is 11.5. The predicted octanol–water partition coefficient (Wildman–Crippen LogP) is 3.15. The van der Waals surface area contributed by atoms with Gasteiger partial charge in [0.15, 0.2) is 0 Å². The average Bonchev–Trinajstić information content (AvgIpc) is 2.64. The van der Waals surface area contributed by atoms with Gasteiger partial charge >= 0.3 is 0 Å². The van der Waals surface area contributed by atoms with E-state index in [1.807, 2.05) is 24.5 Å². The van der Waals surface area contributed by atoms with Gasteiger partial charge < -0.3 is 14.8 Å². The van der Waals surface area contributed by atoms with E-state index in [1.165, 1.54) is 11.1 Å². The van der Waals surface area contributed by atoms with Gasteiger partial charge in [-0.05, 0) is 42.5 Å². The van der Waals surface area contributed by atoms with Crippen molar-refractivity contribution in [1.29, 1.82) is 0 Å².